The normalized spacial score (nSPS) is 20.2. The SMILES string of the molecule is CCC(C)(C)C(=O)OC1(C)CCCC1.CCC(C)(C)C(=O)OC12CC3CC(C1)CC(C(=O)OC(C(F)(F)F)C(F)(F)S(=O)(=O)[O-])(C3)C2.CCC(C)(C)C(=O)Oc1cc(O)cc(C(C)=O)c1.CCC(C)c1cc(I)cc(I)c1O.c1ccc(-[s+]2c3ccccc3c3ccccc32)cc1. The monoisotopic (exact) mass is 1620 g/mol. The lowest BCUT2D eigenvalue weighted by atomic mass is 9.48. The number of aromatic hydroxyl groups is 2. The van der Waals surface area contributed by atoms with Crippen molar-refractivity contribution in [3.8, 4) is 22.1 Å². The third-order valence-electron chi connectivity index (χ3n) is 19.4. The van der Waals surface area contributed by atoms with Crippen molar-refractivity contribution >= 4 is 116 Å². The van der Waals surface area contributed by atoms with Crippen molar-refractivity contribution in [2.75, 3.05) is 0 Å². The zero-order valence-corrected chi connectivity index (χ0v) is 63.3. The Morgan fingerprint density at radius 2 is 1.16 bits per heavy atom. The summed E-state index contributed by atoms with van der Waals surface area (Å²) in [6.45, 7) is 24.2. The number of ether oxygens (including phenoxy) is 4. The molecule has 6 aromatic rings. The zero-order chi connectivity index (χ0) is 72.7. The highest BCUT2D eigenvalue weighted by molar-refractivity contribution is 14.1. The van der Waals surface area contributed by atoms with Crippen LogP contribution in [0.1, 0.15) is 202 Å². The molecule has 0 saturated heterocycles. The third-order valence-corrected chi connectivity index (χ3v) is 24.1. The summed E-state index contributed by atoms with van der Waals surface area (Å²) in [7, 11) is -6.72. The number of ketones is 1. The molecule has 532 valence electrons. The lowest BCUT2D eigenvalue weighted by molar-refractivity contribution is -0.270. The van der Waals surface area contributed by atoms with E-state index in [4.69, 9.17) is 14.2 Å². The fraction of sp³-hybridized carbons (Fsp3) is 0.527. The van der Waals surface area contributed by atoms with Crippen molar-refractivity contribution in [3.63, 3.8) is 0 Å². The first kappa shape index (κ1) is 80.5. The van der Waals surface area contributed by atoms with Gasteiger partial charge < -0.3 is 33.7 Å². The van der Waals surface area contributed by atoms with Gasteiger partial charge in [-0.05, 0) is 268 Å². The quantitative estimate of drug-likeness (QED) is 0.0127. The maximum Gasteiger partial charge on any atom is 0.432 e. The lowest BCUT2D eigenvalue weighted by Gasteiger charge is -2.60. The minimum Gasteiger partial charge on any atom is -0.743 e. The lowest BCUT2D eigenvalue weighted by Crippen LogP contribution is -2.62. The van der Waals surface area contributed by atoms with Crippen LogP contribution in [0, 0.1) is 40.6 Å². The van der Waals surface area contributed by atoms with Crippen molar-refractivity contribution in [2.45, 2.75) is 215 Å². The second-order valence-electron chi connectivity index (χ2n) is 28.3. The molecule has 1 heterocycles. The predicted molar refractivity (Wildman–Crippen MR) is 383 cm³/mol. The highest BCUT2D eigenvalue weighted by atomic mass is 127. The van der Waals surface area contributed by atoms with Crippen LogP contribution in [0.2, 0.25) is 0 Å². The Kier molecular flexibility index (Phi) is 26.5. The van der Waals surface area contributed by atoms with Gasteiger partial charge in [-0.2, -0.15) is 22.0 Å². The molecular weight excluding hydrogens is 1530 g/mol. The van der Waals surface area contributed by atoms with Gasteiger partial charge in [0.25, 0.3) is 6.10 Å². The predicted octanol–water partition coefficient (Wildman–Crippen LogP) is 20.0. The first-order valence-corrected chi connectivity index (χ1v) is 37.5. The van der Waals surface area contributed by atoms with E-state index in [2.05, 4.69) is 156 Å². The number of hydrogen-bond donors (Lipinski definition) is 2. The molecule has 4 bridgehead atoms. The van der Waals surface area contributed by atoms with Crippen LogP contribution in [0.25, 0.3) is 25.1 Å². The summed E-state index contributed by atoms with van der Waals surface area (Å²) < 4.78 is 126. The molecule has 5 saturated carbocycles. The molecule has 5 fully saturated rings. The van der Waals surface area contributed by atoms with Gasteiger partial charge >= 0.3 is 35.3 Å². The standard InChI is InChI=1S/C20H27F5O7S.C18H13S.C14H18O4.C12H22O2.C10H12I2O/c1-4-16(2,3)14(26)32-18-8-11-5-12(9-18)7-17(6-11,10-18)15(27)31-13(19(21,22)23)20(24,25)33(28,29)30;1-2-8-14(9-3-1)19-17-12-6-4-10-15(17)16-11-5-7-13-18(16)19;1-5-14(3,4)13(17)18-12-7-10(9(2)15)6-11(16)8-12;1-5-11(2,3)10(13)14-12(4)8-6-7-9-12;1-3-6(2)8-4-7(11)5-9(12)10(8)13/h11-13H,4-10H2,1-3H3,(H,28,29,30);1-13H;6-8,16H,5H2,1-4H3;5-9H2,1-4H3;4-6,13H,3H2,1-2H3/q;+1;;;/p-1. The van der Waals surface area contributed by atoms with Crippen LogP contribution in [-0.4, -0.2) is 81.6 Å². The van der Waals surface area contributed by atoms with Crippen LogP contribution < -0.4 is 4.74 Å². The maximum atomic E-state index is 13.9. The Bertz CT molecular complexity index is 3830. The van der Waals surface area contributed by atoms with Gasteiger partial charge in [-0.25, -0.2) is 8.42 Å². The summed E-state index contributed by atoms with van der Waals surface area (Å²) in [6.07, 6.45) is -1.74. The van der Waals surface area contributed by atoms with Crippen LogP contribution in [0.4, 0.5) is 22.0 Å². The van der Waals surface area contributed by atoms with E-state index >= 15 is 0 Å². The largest absolute Gasteiger partial charge is 0.743 e. The Morgan fingerprint density at radius 3 is 1.64 bits per heavy atom. The number of phenolic OH excluding ortho intramolecular Hbond substituents is 2. The number of thiophene rings is 1. The average molecular weight is 1620 g/mol. The second-order valence-corrected chi connectivity index (χ2v) is 34.1. The topological polar surface area (TPSA) is 220 Å². The fourth-order valence-electron chi connectivity index (χ4n) is 12.5. The van der Waals surface area contributed by atoms with E-state index in [9.17, 15) is 69.1 Å². The molecule has 0 amide bonds. The van der Waals surface area contributed by atoms with Crippen molar-refractivity contribution in [1.29, 1.82) is 0 Å². The van der Waals surface area contributed by atoms with Crippen molar-refractivity contribution in [1.82, 2.24) is 0 Å². The highest BCUT2D eigenvalue weighted by Gasteiger charge is 2.67. The maximum absolute atomic E-state index is 13.9. The second kappa shape index (κ2) is 32.0. The molecule has 14 nitrogen and oxygen atoms in total. The summed E-state index contributed by atoms with van der Waals surface area (Å²) in [5.74, 6) is -2.24. The molecule has 2 N–H and O–H groups in total. The number of Topliss-reactive ketones (excluding diaryl/α,β-unsaturated/α-hetero) is 1. The number of hydrogen-bond acceptors (Lipinski definition) is 14. The number of alkyl halides is 5. The number of carbonyl (C=O) groups is 5. The van der Waals surface area contributed by atoms with Crippen LogP contribution in [0.15, 0.2) is 109 Å². The first-order chi connectivity index (χ1) is 44.9. The number of rotatable bonds is 17. The van der Waals surface area contributed by atoms with Gasteiger partial charge in [0.15, 0.2) is 30.2 Å². The molecule has 4 atom stereocenters. The van der Waals surface area contributed by atoms with Gasteiger partial charge in [-0.1, -0.05) is 77.1 Å². The zero-order valence-electron chi connectivity index (χ0n) is 57.4. The molecule has 23 heteroatoms. The van der Waals surface area contributed by atoms with Crippen LogP contribution >= 0.6 is 55.7 Å². The van der Waals surface area contributed by atoms with Crippen LogP contribution in [0.3, 0.4) is 0 Å². The summed E-state index contributed by atoms with van der Waals surface area (Å²) in [6, 6.07) is 36.6. The van der Waals surface area contributed by atoms with Gasteiger partial charge in [0.1, 0.15) is 28.5 Å². The van der Waals surface area contributed by atoms with Gasteiger partial charge in [0, 0.05) is 42.9 Å². The fourth-order valence-corrected chi connectivity index (χ4v) is 17.2. The van der Waals surface area contributed by atoms with Crippen LogP contribution in [0.5, 0.6) is 17.2 Å². The molecule has 5 aliphatic carbocycles. The number of esters is 4. The van der Waals surface area contributed by atoms with Gasteiger partial charge in [-0.3, -0.25) is 24.0 Å². The first-order valence-electron chi connectivity index (χ1n) is 32.7. The van der Waals surface area contributed by atoms with Gasteiger partial charge in [0.05, 0.1) is 25.2 Å². The number of halogens is 7. The minimum atomic E-state index is -6.78. The van der Waals surface area contributed by atoms with E-state index in [1.165, 1.54) is 66.6 Å². The molecule has 0 aliphatic heterocycles. The van der Waals surface area contributed by atoms with E-state index in [1.54, 1.807) is 34.6 Å². The van der Waals surface area contributed by atoms with E-state index in [0.717, 1.165) is 34.8 Å². The van der Waals surface area contributed by atoms with E-state index in [-0.39, 0.29) is 81.8 Å². The molecular formula is C74H91F5I2O14S2. The van der Waals surface area contributed by atoms with Gasteiger partial charge in [0.2, 0.25) is 0 Å². The Morgan fingerprint density at radius 1 is 0.680 bits per heavy atom. The summed E-state index contributed by atoms with van der Waals surface area (Å²) in [4.78, 5) is 62.0. The molecule has 0 spiro atoms. The van der Waals surface area contributed by atoms with Crippen molar-refractivity contribution in [3.05, 3.63) is 127 Å². The Hall–Kier alpha value is -5.51. The average Bonchev–Trinajstić information content (AvgIpc) is 1.60. The highest BCUT2D eigenvalue weighted by Crippen LogP contribution is 2.64. The molecule has 97 heavy (non-hydrogen) atoms. The molecule has 5 aromatic carbocycles. The van der Waals surface area contributed by atoms with Crippen molar-refractivity contribution < 1.29 is 88.1 Å². The number of fused-ring (bicyclic) bond motifs is 3. The summed E-state index contributed by atoms with van der Waals surface area (Å²) >= 11 is 4.45. The Balaban J connectivity index is 0.000000201. The molecule has 1 aromatic heterocycles. The van der Waals surface area contributed by atoms with Crippen molar-refractivity contribution in [2.24, 2.45) is 33.5 Å². The van der Waals surface area contributed by atoms with E-state index in [0.29, 0.717) is 49.3 Å². The van der Waals surface area contributed by atoms with Gasteiger partial charge in [-0.15, -0.1) is 0 Å². The number of carbonyl (C=O) groups excluding carboxylic acids is 5. The molecule has 0 radical (unpaired) electrons. The minimum absolute atomic E-state index is 0.0376. The van der Waals surface area contributed by atoms with E-state index in [1.807, 2.05) is 33.8 Å². The summed E-state index contributed by atoms with van der Waals surface area (Å²) in [5.41, 5.74) is -3.36. The smallest absolute Gasteiger partial charge is 0.432 e. The third kappa shape index (κ3) is 19.7. The number of benzene rings is 5. The summed E-state index contributed by atoms with van der Waals surface area (Å²) in [5, 5.41) is 16.2. The molecule has 5 aliphatic rings. The van der Waals surface area contributed by atoms with E-state index < -0.39 is 61.4 Å². The number of phenols is 2. The molecule has 4 unspecified atom stereocenters. The van der Waals surface area contributed by atoms with Crippen LogP contribution in [-0.2, 0) is 43.5 Å². The molecule has 11 rings (SSSR count). The Labute approximate surface area is 596 Å².